The van der Waals surface area contributed by atoms with Crippen molar-refractivity contribution in [2.75, 3.05) is 0 Å². The largest absolute Gasteiger partial charge is 1.00 e. The standard InChI is InChI=1S/C12H10O4S.Na/c1-7-5-9(13)11(12(15)16-7)10(14)6-8-3-2-4-17-8;/h2-5,13H,6H2,1H3;/q;+1/p-1. The molecule has 0 aromatic carbocycles. The summed E-state index contributed by atoms with van der Waals surface area (Å²) in [6.45, 7) is 1.50. The first kappa shape index (κ1) is 15.2. The van der Waals surface area contributed by atoms with Gasteiger partial charge in [-0.3, -0.25) is 4.79 Å². The van der Waals surface area contributed by atoms with Crippen molar-refractivity contribution in [1.82, 2.24) is 0 Å². The van der Waals surface area contributed by atoms with Crippen LogP contribution in [0.4, 0.5) is 0 Å². The van der Waals surface area contributed by atoms with Crippen LogP contribution in [0.3, 0.4) is 0 Å². The van der Waals surface area contributed by atoms with Crippen molar-refractivity contribution in [2.24, 2.45) is 0 Å². The molecule has 0 aliphatic carbocycles. The van der Waals surface area contributed by atoms with Gasteiger partial charge in [0.15, 0.2) is 5.78 Å². The fourth-order valence-corrected chi connectivity index (χ4v) is 2.20. The number of carbonyl (C=O) groups is 1. The van der Waals surface area contributed by atoms with Crippen LogP contribution in [-0.4, -0.2) is 5.78 Å². The Balaban J connectivity index is 0.00000162. The van der Waals surface area contributed by atoms with Crippen LogP contribution < -0.4 is 40.3 Å². The Hall–Kier alpha value is -0.880. The quantitative estimate of drug-likeness (QED) is 0.504. The molecule has 18 heavy (non-hydrogen) atoms. The average Bonchev–Trinajstić information content (AvgIpc) is 2.68. The third kappa shape index (κ3) is 3.32. The molecule has 0 spiro atoms. The van der Waals surface area contributed by atoms with E-state index in [-0.39, 0.29) is 47.3 Å². The van der Waals surface area contributed by atoms with Gasteiger partial charge >= 0.3 is 35.2 Å². The molecule has 0 saturated carbocycles. The van der Waals surface area contributed by atoms with Crippen molar-refractivity contribution in [3.63, 3.8) is 0 Å². The van der Waals surface area contributed by atoms with Crippen molar-refractivity contribution < 1.29 is 43.9 Å². The number of rotatable bonds is 3. The van der Waals surface area contributed by atoms with Crippen LogP contribution in [0.1, 0.15) is 21.0 Å². The van der Waals surface area contributed by atoms with Crippen molar-refractivity contribution >= 4 is 17.1 Å². The second-order valence-corrected chi connectivity index (χ2v) is 4.60. The number of aryl methyl sites for hydroxylation is 1. The molecule has 2 heterocycles. The topological polar surface area (TPSA) is 70.3 Å². The van der Waals surface area contributed by atoms with Crippen molar-refractivity contribution in [2.45, 2.75) is 13.3 Å². The van der Waals surface area contributed by atoms with Crippen LogP contribution in [0.2, 0.25) is 0 Å². The fraction of sp³-hybridized carbons (Fsp3) is 0.167. The number of thiophene rings is 1. The average molecular weight is 272 g/mol. The molecule has 0 amide bonds. The van der Waals surface area contributed by atoms with Gasteiger partial charge in [0, 0.05) is 11.3 Å². The number of carbonyl (C=O) groups excluding carboxylic acids is 1. The Bertz CT molecular complexity index is 601. The molecule has 2 rings (SSSR count). The van der Waals surface area contributed by atoms with Gasteiger partial charge in [-0.1, -0.05) is 11.8 Å². The molecule has 0 fully saturated rings. The summed E-state index contributed by atoms with van der Waals surface area (Å²) in [6.07, 6.45) is 0.0563. The zero-order chi connectivity index (χ0) is 12.4. The molecular formula is C12H9NaO4S. The fourth-order valence-electron chi connectivity index (χ4n) is 1.50. The molecule has 0 aliphatic rings. The maximum Gasteiger partial charge on any atom is 1.00 e. The molecule has 4 nitrogen and oxygen atoms in total. The molecule has 2 aromatic heterocycles. The molecule has 2 aromatic rings. The van der Waals surface area contributed by atoms with Gasteiger partial charge in [0.2, 0.25) is 0 Å². The minimum Gasteiger partial charge on any atom is -0.872 e. The monoisotopic (exact) mass is 272 g/mol. The first-order valence-electron chi connectivity index (χ1n) is 4.95. The molecule has 6 heteroatoms. The van der Waals surface area contributed by atoms with E-state index in [2.05, 4.69) is 0 Å². The van der Waals surface area contributed by atoms with Crippen LogP contribution in [0, 0.1) is 6.92 Å². The molecule has 0 radical (unpaired) electrons. The van der Waals surface area contributed by atoms with E-state index in [9.17, 15) is 14.7 Å². The Labute approximate surface area is 130 Å². The van der Waals surface area contributed by atoms with Gasteiger partial charge in [-0.15, -0.1) is 11.3 Å². The zero-order valence-electron chi connectivity index (χ0n) is 10.1. The van der Waals surface area contributed by atoms with E-state index < -0.39 is 17.2 Å². The first-order chi connectivity index (χ1) is 8.08. The summed E-state index contributed by atoms with van der Waals surface area (Å²) in [5.41, 5.74) is -1.24. The second kappa shape index (κ2) is 6.33. The summed E-state index contributed by atoms with van der Waals surface area (Å²) in [4.78, 5) is 24.1. The van der Waals surface area contributed by atoms with Crippen molar-refractivity contribution in [3.05, 3.63) is 50.2 Å². The predicted octanol–water partition coefficient (Wildman–Crippen LogP) is -1.49. The summed E-state index contributed by atoms with van der Waals surface area (Å²) >= 11 is 1.41. The van der Waals surface area contributed by atoms with Crippen LogP contribution in [-0.2, 0) is 6.42 Å². The number of ketones is 1. The predicted molar refractivity (Wildman–Crippen MR) is 61.5 cm³/mol. The molecule has 0 saturated heterocycles. The zero-order valence-corrected chi connectivity index (χ0v) is 12.9. The van der Waals surface area contributed by atoms with Gasteiger partial charge in [-0.25, -0.2) is 4.79 Å². The van der Waals surface area contributed by atoms with E-state index in [4.69, 9.17) is 4.42 Å². The summed E-state index contributed by atoms with van der Waals surface area (Å²) in [7, 11) is 0. The summed E-state index contributed by atoms with van der Waals surface area (Å²) in [5, 5.41) is 13.4. The minimum absolute atomic E-state index is 0. The summed E-state index contributed by atoms with van der Waals surface area (Å²) < 4.78 is 4.76. The van der Waals surface area contributed by atoms with Gasteiger partial charge < -0.3 is 9.52 Å². The van der Waals surface area contributed by atoms with Gasteiger partial charge in [0.1, 0.15) is 5.76 Å². The molecule has 0 atom stereocenters. The van der Waals surface area contributed by atoms with Crippen LogP contribution in [0.25, 0.3) is 0 Å². The minimum atomic E-state index is -0.850. The Morgan fingerprint density at radius 2 is 2.22 bits per heavy atom. The van der Waals surface area contributed by atoms with E-state index in [1.807, 2.05) is 11.4 Å². The van der Waals surface area contributed by atoms with Gasteiger partial charge in [-0.2, -0.15) is 0 Å². The maximum absolute atomic E-state index is 11.8. The third-order valence-electron chi connectivity index (χ3n) is 2.23. The molecule has 0 aliphatic heterocycles. The molecule has 0 unspecified atom stereocenters. The Morgan fingerprint density at radius 1 is 1.50 bits per heavy atom. The van der Waals surface area contributed by atoms with Crippen LogP contribution in [0.5, 0.6) is 5.75 Å². The summed E-state index contributed by atoms with van der Waals surface area (Å²) in [6, 6.07) is 4.74. The van der Waals surface area contributed by atoms with Gasteiger partial charge in [0.25, 0.3) is 0 Å². The molecule has 0 bridgehead atoms. The Kier molecular flexibility index (Phi) is 5.34. The third-order valence-corrected chi connectivity index (χ3v) is 3.11. The van der Waals surface area contributed by atoms with Crippen molar-refractivity contribution in [3.8, 4) is 5.75 Å². The van der Waals surface area contributed by atoms with Crippen LogP contribution >= 0.6 is 11.3 Å². The number of hydrogen-bond acceptors (Lipinski definition) is 5. The molecular weight excluding hydrogens is 263 g/mol. The van der Waals surface area contributed by atoms with E-state index in [1.165, 1.54) is 18.3 Å². The normalized spacial score (nSPS) is 9.83. The smallest absolute Gasteiger partial charge is 0.872 e. The van der Waals surface area contributed by atoms with E-state index >= 15 is 0 Å². The van der Waals surface area contributed by atoms with E-state index in [1.54, 1.807) is 6.07 Å². The van der Waals surface area contributed by atoms with Gasteiger partial charge in [0.05, 0.1) is 5.56 Å². The number of hydrogen-bond donors (Lipinski definition) is 0. The summed E-state index contributed by atoms with van der Waals surface area (Å²) in [5.74, 6) is -0.848. The SMILES string of the molecule is Cc1cc([O-])c(C(=O)Cc2cccs2)c(=O)o1.[Na+]. The molecule has 0 N–H and O–H groups in total. The number of Topliss-reactive ketones (excluding diaryl/α,β-unsaturated/α-hetero) is 1. The Morgan fingerprint density at radius 3 is 2.78 bits per heavy atom. The van der Waals surface area contributed by atoms with E-state index in [0.29, 0.717) is 0 Å². The molecule has 88 valence electrons. The van der Waals surface area contributed by atoms with E-state index in [0.717, 1.165) is 10.9 Å². The second-order valence-electron chi connectivity index (χ2n) is 3.56. The van der Waals surface area contributed by atoms with Crippen LogP contribution in [0.15, 0.2) is 32.8 Å². The maximum atomic E-state index is 11.8. The van der Waals surface area contributed by atoms with Crippen molar-refractivity contribution in [1.29, 1.82) is 0 Å². The van der Waals surface area contributed by atoms with Gasteiger partial charge in [-0.05, 0) is 24.4 Å². The first-order valence-corrected chi connectivity index (χ1v) is 5.83.